The quantitative estimate of drug-likeness (QED) is 0.783. The van der Waals surface area contributed by atoms with Crippen LogP contribution in [0.25, 0.3) is 0 Å². The molecular weight excluding hydrogens is 268 g/mol. The second-order valence-corrected chi connectivity index (χ2v) is 4.91. The molecule has 0 aromatic heterocycles. The Kier molecular flexibility index (Phi) is 5.96. The van der Waals surface area contributed by atoms with Crippen LogP contribution in [0.5, 0.6) is 5.75 Å². The number of hydrogen-bond donors (Lipinski definition) is 1. The molecular formula is C16H22N2O3. The normalized spacial score (nSPS) is 10.3. The second kappa shape index (κ2) is 7.47. The first-order valence-electron chi connectivity index (χ1n) is 6.90. The highest BCUT2D eigenvalue weighted by molar-refractivity contribution is 5.99. The van der Waals surface area contributed by atoms with Gasteiger partial charge in [-0.1, -0.05) is 6.08 Å². The number of benzene rings is 1. The number of ether oxygens (including phenoxy) is 1. The van der Waals surface area contributed by atoms with E-state index in [9.17, 15) is 9.59 Å². The molecule has 0 atom stereocenters. The predicted octanol–water partition coefficient (Wildman–Crippen LogP) is 2.22. The fraction of sp³-hybridized carbons (Fsp3) is 0.375. The van der Waals surface area contributed by atoms with Gasteiger partial charge in [0.25, 0.3) is 5.91 Å². The van der Waals surface area contributed by atoms with Crippen molar-refractivity contribution in [2.24, 2.45) is 5.73 Å². The second-order valence-electron chi connectivity index (χ2n) is 4.91. The SMILES string of the molecule is C=CCN(CC)C(=O)c1cc(OC(C)C)cc(C(N)=O)c1. The number of nitrogens with two attached hydrogens (primary N) is 1. The molecule has 0 aliphatic heterocycles. The molecule has 0 saturated carbocycles. The van der Waals surface area contributed by atoms with Crippen molar-refractivity contribution in [2.75, 3.05) is 13.1 Å². The summed E-state index contributed by atoms with van der Waals surface area (Å²) in [5.74, 6) is -0.321. The van der Waals surface area contributed by atoms with Crippen molar-refractivity contribution >= 4 is 11.8 Å². The van der Waals surface area contributed by atoms with Crippen molar-refractivity contribution in [3.8, 4) is 5.75 Å². The van der Waals surface area contributed by atoms with Crippen LogP contribution in [0.4, 0.5) is 0 Å². The summed E-state index contributed by atoms with van der Waals surface area (Å²) >= 11 is 0. The maximum atomic E-state index is 12.4. The largest absolute Gasteiger partial charge is 0.491 e. The van der Waals surface area contributed by atoms with Crippen LogP contribution in [-0.2, 0) is 0 Å². The Labute approximate surface area is 125 Å². The topological polar surface area (TPSA) is 72.6 Å². The molecule has 0 aliphatic carbocycles. The van der Waals surface area contributed by atoms with Gasteiger partial charge in [0, 0.05) is 24.2 Å². The van der Waals surface area contributed by atoms with E-state index in [1.807, 2.05) is 20.8 Å². The summed E-state index contributed by atoms with van der Waals surface area (Å²) in [6.07, 6.45) is 1.59. The van der Waals surface area contributed by atoms with Crippen LogP contribution in [0.1, 0.15) is 41.5 Å². The summed E-state index contributed by atoms with van der Waals surface area (Å²) in [6.45, 7) is 10.2. The number of amides is 2. The monoisotopic (exact) mass is 290 g/mol. The molecule has 5 heteroatoms. The average molecular weight is 290 g/mol. The first-order valence-corrected chi connectivity index (χ1v) is 6.90. The molecule has 5 nitrogen and oxygen atoms in total. The van der Waals surface area contributed by atoms with Crippen LogP contribution < -0.4 is 10.5 Å². The van der Waals surface area contributed by atoms with Crippen LogP contribution >= 0.6 is 0 Å². The van der Waals surface area contributed by atoms with Crippen molar-refractivity contribution < 1.29 is 14.3 Å². The minimum Gasteiger partial charge on any atom is -0.491 e. The van der Waals surface area contributed by atoms with E-state index in [1.54, 1.807) is 23.1 Å². The zero-order chi connectivity index (χ0) is 16.0. The number of rotatable bonds is 7. The lowest BCUT2D eigenvalue weighted by molar-refractivity contribution is 0.0781. The summed E-state index contributed by atoms with van der Waals surface area (Å²) in [5.41, 5.74) is 5.95. The van der Waals surface area contributed by atoms with Crippen molar-refractivity contribution in [3.05, 3.63) is 42.0 Å². The lowest BCUT2D eigenvalue weighted by Crippen LogP contribution is -2.31. The summed E-state index contributed by atoms with van der Waals surface area (Å²) in [4.78, 5) is 25.5. The van der Waals surface area contributed by atoms with Gasteiger partial charge in [-0.15, -0.1) is 6.58 Å². The molecule has 2 N–H and O–H groups in total. The molecule has 1 aromatic carbocycles. The van der Waals surface area contributed by atoms with Gasteiger partial charge in [0.2, 0.25) is 5.91 Å². The van der Waals surface area contributed by atoms with Crippen LogP contribution in [0.3, 0.4) is 0 Å². The number of carbonyl (C=O) groups excluding carboxylic acids is 2. The summed E-state index contributed by atoms with van der Waals surface area (Å²) < 4.78 is 5.57. The fourth-order valence-electron chi connectivity index (χ4n) is 1.90. The van der Waals surface area contributed by atoms with E-state index in [0.29, 0.717) is 24.4 Å². The van der Waals surface area contributed by atoms with Crippen molar-refractivity contribution in [3.63, 3.8) is 0 Å². The standard InChI is InChI=1S/C16H22N2O3/c1-5-7-18(6-2)16(20)13-8-12(15(17)19)9-14(10-13)21-11(3)4/h5,8-11H,1,6-7H2,2-4H3,(H2,17,19). The van der Waals surface area contributed by atoms with Gasteiger partial charge in [-0.3, -0.25) is 9.59 Å². The maximum absolute atomic E-state index is 12.4. The maximum Gasteiger partial charge on any atom is 0.254 e. The molecule has 21 heavy (non-hydrogen) atoms. The van der Waals surface area contributed by atoms with E-state index >= 15 is 0 Å². The lowest BCUT2D eigenvalue weighted by atomic mass is 10.1. The van der Waals surface area contributed by atoms with Crippen molar-refractivity contribution in [2.45, 2.75) is 26.9 Å². The van der Waals surface area contributed by atoms with Gasteiger partial charge in [-0.2, -0.15) is 0 Å². The van der Waals surface area contributed by atoms with E-state index in [-0.39, 0.29) is 17.6 Å². The van der Waals surface area contributed by atoms with E-state index in [1.165, 1.54) is 6.07 Å². The Morgan fingerprint density at radius 1 is 1.33 bits per heavy atom. The highest BCUT2D eigenvalue weighted by Crippen LogP contribution is 2.20. The summed E-state index contributed by atoms with van der Waals surface area (Å²) in [7, 11) is 0. The van der Waals surface area contributed by atoms with E-state index in [0.717, 1.165) is 0 Å². The minimum atomic E-state index is -0.593. The highest BCUT2D eigenvalue weighted by atomic mass is 16.5. The van der Waals surface area contributed by atoms with Crippen LogP contribution in [0.2, 0.25) is 0 Å². The summed E-state index contributed by atoms with van der Waals surface area (Å²) in [5, 5.41) is 0. The third-order valence-corrected chi connectivity index (χ3v) is 2.83. The molecule has 0 spiro atoms. The average Bonchev–Trinajstić information content (AvgIpc) is 2.42. The Hall–Kier alpha value is -2.30. The fourth-order valence-corrected chi connectivity index (χ4v) is 1.90. The highest BCUT2D eigenvalue weighted by Gasteiger charge is 2.17. The Balaban J connectivity index is 3.20. The molecule has 0 bridgehead atoms. The molecule has 1 rings (SSSR count). The van der Waals surface area contributed by atoms with Gasteiger partial charge < -0.3 is 15.4 Å². The Morgan fingerprint density at radius 3 is 2.43 bits per heavy atom. The van der Waals surface area contributed by atoms with E-state index < -0.39 is 5.91 Å². The molecule has 2 amide bonds. The molecule has 114 valence electrons. The Morgan fingerprint density at radius 2 is 1.95 bits per heavy atom. The van der Waals surface area contributed by atoms with Crippen molar-refractivity contribution in [1.82, 2.24) is 4.90 Å². The van der Waals surface area contributed by atoms with Crippen LogP contribution in [0, 0.1) is 0 Å². The molecule has 0 heterocycles. The van der Waals surface area contributed by atoms with Crippen molar-refractivity contribution in [1.29, 1.82) is 0 Å². The number of carbonyl (C=O) groups is 2. The number of hydrogen-bond acceptors (Lipinski definition) is 3. The zero-order valence-electron chi connectivity index (χ0n) is 12.8. The molecule has 0 fully saturated rings. The molecule has 0 radical (unpaired) electrons. The summed E-state index contributed by atoms with van der Waals surface area (Å²) in [6, 6.07) is 4.66. The van der Waals surface area contributed by atoms with Gasteiger partial charge in [-0.05, 0) is 39.0 Å². The molecule has 0 aliphatic rings. The van der Waals surface area contributed by atoms with Gasteiger partial charge >= 0.3 is 0 Å². The predicted molar refractivity (Wildman–Crippen MR) is 82.5 cm³/mol. The van der Waals surface area contributed by atoms with Crippen LogP contribution in [-0.4, -0.2) is 35.9 Å². The molecule has 0 saturated heterocycles. The molecule has 1 aromatic rings. The lowest BCUT2D eigenvalue weighted by Gasteiger charge is -2.20. The Bertz CT molecular complexity index is 538. The smallest absolute Gasteiger partial charge is 0.254 e. The minimum absolute atomic E-state index is 0.0634. The number of primary amides is 1. The zero-order valence-corrected chi connectivity index (χ0v) is 12.8. The van der Waals surface area contributed by atoms with Gasteiger partial charge in [0.05, 0.1) is 6.10 Å². The van der Waals surface area contributed by atoms with Gasteiger partial charge in [0.15, 0.2) is 0 Å². The van der Waals surface area contributed by atoms with E-state index in [2.05, 4.69) is 6.58 Å². The molecule has 0 unspecified atom stereocenters. The number of likely N-dealkylation sites (N-methyl/N-ethyl adjacent to an activating group) is 1. The van der Waals surface area contributed by atoms with Crippen LogP contribution in [0.15, 0.2) is 30.9 Å². The van der Waals surface area contributed by atoms with Gasteiger partial charge in [-0.25, -0.2) is 0 Å². The van der Waals surface area contributed by atoms with E-state index in [4.69, 9.17) is 10.5 Å². The third-order valence-electron chi connectivity index (χ3n) is 2.83. The van der Waals surface area contributed by atoms with Gasteiger partial charge in [0.1, 0.15) is 5.75 Å². The third kappa shape index (κ3) is 4.63. The first kappa shape index (κ1) is 16.8. The number of nitrogens with zero attached hydrogens (tertiary/aromatic N) is 1. The first-order chi connectivity index (χ1) is 9.88.